The number of carbonyl (C=O) groups excluding carboxylic acids is 1. The van der Waals surface area contributed by atoms with E-state index in [9.17, 15) is 13.2 Å². The van der Waals surface area contributed by atoms with E-state index in [0.29, 0.717) is 36.7 Å². The zero-order valence-corrected chi connectivity index (χ0v) is 22.0. The Morgan fingerprint density at radius 1 is 1.36 bits per heavy atom. The fourth-order valence-corrected chi connectivity index (χ4v) is 5.66. The Bertz CT molecular complexity index is 1270. The summed E-state index contributed by atoms with van der Waals surface area (Å²) in [6, 6.07) is 4.76. The molecule has 4 rings (SSSR count). The minimum atomic E-state index is -4.12. The largest absolute Gasteiger partial charge is 0.486 e. The van der Waals surface area contributed by atoms with Crippen molar-refractivity contribution in [1.82, 2.24) is 15.3 Å². The molecule has 1 aromatic heterocycles. The van der Waals surface area contributed by atoms with Gasteiger partial charge < -0.3 is 9.47 Å². The average molecular weight is 541 g/mol. The van der Waals surface area contributed by atoms with Crippen LogP contribution in [-0.4, -0.2) is 55.1 Å². The third-order valence-electron chi connectivity index (χ3n) is 5.33. The maximum Gasteiger partial charge on any atom is 0.412 e. The van der Waals surface area contributed by atoms with E-state index in [1.807, 2.05) is 6.92 Å². The Morgan fingerprint density at radius 2 is 2.14 bits per heavy atom. The van der Waals surface area contributed by atoms with Gasteiger partial charge in [-0.1, -0.05) is 11.6 Å². The SMILES string of the molecule is CCn1cc(S(=O)(=O)N2C[C@H](CCC3=NCON3)Oc3ccc(NC(=O)OC(C)(C)C)cc32)c(Cl)n1. The summed E-state index contributed by atoms with van der Waals surface area (Å²) in [6.45, 7) is 7.79. The third-order valence-corrected chi connectivity index (χ3v) is 7.50. The number of hydrogen-bond acceptors (Lipinski definition) is 9. The molecular weight excluding hydrogens is 512 g/mol. The van der Waals surface area contributed by atoms with Crippen molar-refractivity contribution in [3.8, 4) is 5.75 Å². The molecule has 0 saturated heterocycles. The molecule has 2 aliphatic rings. The van der Waals surface area contributed by atoms with Crippen LogP contribution in [0.4, 0.5) is 16.2 Å². The molecule has 196 valence electrons. The molecule has 2 aliphatic heterocycles. The molecule has 14 heteroatoms. The number of anilines is 2. The Morgan fingerprint density at radius 3 is 2.78 bits per heavy atom. The maximum atomic E-state index is 13.8. The van der Waals surface area contributed by atoms with E-state index in [1.54, 1.807) is 32.9 Å². The molecule has 1 amide bonds. The summed E-state index contributed by atoms with van der Waals surface area (Å²) >= 11 is 6.22. The molecule has 3 heterocycles. The molecule has 0 bridgehead atoms. The Balaban J connectivity index is 1.66. The second-order valence-corrected chi connectivity index (χ2v) is 11.4. The van der Waals surface area contributed by atoms with Crippen LogP contribution < -0.4 is 19.8 Å². The first kappa shape index (κ1) is 26.0. The first-order valence-electron chi connectivity index (χ1n) is 11.4. The predicted octanol–water partition coefficient (Wildman–Crippen LogP) is 3.53. The van der Waals surface area contributed by atoms with Gasteiger partial charge in [0.05, 0.1) is 12.2 Å². The van der Waals surface area contributed by atoms with Crippen molar-refractivity contribution in [2.75, 3.05) is 22.9 Å². The van der Waals surface area contributed by atoms with Gasteiger partial charge in [0.2, 0.25) is 0 Å². The van der Waals surface area contributed by atoms with Crippen LogP contribution in [0.15, 0.2) is 34.3 Å². The first-order valence-corrected chi connectivity index (χ1v) is 13.3. The second-order valence-electron chi connectivity index (χ2n) is 9.24. The molecule has 0 spiro atoms. The molecule has 0 radical (unpaired) electrons. The van der Waals surface area contributed by atoms with Crippen molar-refractivity contribution < 1.29 is 27.5 Å². The minimum Gasteiger partial charge on any atom is -0.486 e. The van der Waals surface area contributed by atoms with Gasteiger partial charge in [0.15, 0.2) is 11.9 Å². The van der Waals surface area contributed by atoms with E-state index in [-0.39, 0.29) is 29.0 Å². The van der Waals surface area contributed by atoms with Gasteiger partial charge in [-0.3, -0.25) is 24.6 Å². The molecule has 2 N–H and O–H groups in total. The van der Waals surface area contributed by atoms with Crippen molar-refractivity contribution >= 4 is 44.9 Å². The van der Waals surface area contributed by atoms with Gasteiger partial charge in [-0.25, -0.2) is 18.2 Å². The minimum absolute atomic E-state index is 0.0208. The van der Waals surface area contributed by atoms with Gasteiger partial charge in [-0.05, 0) is 52.3 Å². The number of aromatic nitrogens is 2. The summed E-state index contributed by atoms with van der Waals surface area (Å²) in [5.41, 5.74) is 2.65. The molecule has 36 heavy (non-hydrogen) atoms. The lowest BCUT2D eigenvalue weighted by molar-refractivity contribution is 0.0636. The van der Waals surface area contributed by atoms with E-state index in [1.165, 1.54) is 21.3 Å². The lowest BCUT2D eigenvalue weighted by Gasteiger charge is -2.35. The predicted molar refractivity (Wildman–Crippen MR) is 134 cm³/mol. The molecule has 1 atom stereocenters. The van der Waals surface area contributed by atoms with Gasteiger partial charge in [0.25, 0.3) is 10.0 Å². The van der Waals surface area contributed by atoms with Crippen LogP contribution in [0, 0.1) is 0 Å². The normalized spacial score (nSPS) is 17.6. The number of halogens is 1. The van der Waals surface area contributed by atoms with Crippen LogP contribution in [0.5, 0.6) is 5.75 Å². The van der Waals surface area contributed by atoms with Crippen molar-refractivity contribution in [2.24, 2.45) is 4.99 Å². The number of nitrogens with zero attached hydrogens (tertiary/aromatic N) is 4. The fourth-order valence-electron chi connectivity index (χ4n) is 3.71. The summed E-state index contributed by atoms with van der Waals surface area (Å²) in [5.74, 6) is 1.02. The number of benzene rings is 1. The summed E-state index contributed by atoms with van der Waals surface area (Å²) in [5, 5.41) is 6.60. The number of hydrogen-bond donors (Lipinski definition) is 2. The number of aliphatic imine (C=N–C) groups is 1. The highest BCUT2D eigenvalue weighted by molar-refractivity contribution is 7.93. The van der Waals surface area contributed by atoms with E-state index < -0.39 is 27.8 Å². The number of hydroxylamine groups is 1. The number of fused-ring (bicyclic) bond motifs is 1. The molecule has 0 fully saturated rings. The number of aryl methyl sites for hydroxylation is 1. The average Bonchev–Trinajstić information content (AvgIpc) is 3.45. The van der Waals surface area contributed by atoms with Crippen LogP contribution in [-0.2, 0) is 26.1 Å². The van der Waals surface area contributed by atoms with Gasteiger partial charge in [-0.2, -0.15) is 5.10 Å². The number of sulfonamides is 1. The van der Waals surface area contributed by atoms with E-state index >= 15 is 0 Å². The Hall–Kier alpha value is -3.03. The lowest BCUT2D eigenvalue weighted by atomic mass is 10.1. The number of carbonyl (C=O) groups is 1. The number of amides is 1. The van der Waals surface area contributed by atoms with E-state index in [2.05, 4.69) is 20.9 Å². The zero-order valence-electron chi connectivity index (χ0n) is 20.4. The van der Waals surface area contributed by atoms with Gasteiger partial charge >= 0.3 is 6.09 Å². The molecule has 1 aromatic carbocycles. The van der Waals surface area contributed by atoms with Crippen LogP contribution in [0.25, 0.3) is 0 Å². The first-order chi connectivity index (χ1) is 17.0. The smallest absolute Gasteiger partial charge is 0.412 e. The monoisotopic (exact) mass is 540 g/mol. The number of amidine groups is 1. The van der Waals surface area contributed by atoms with Crippen LogP contribution in [0.1, 0.15) is 40.5 Å². The molecule has 0 unspecified atom stereocenters. The lowest BCUT2D eigenvalue weighted by Crippen LogP contribution is -2.44. The van der Waals surface area contributed by atoms with Crippen molar-refractivity contribution in [2.45, 2.75) is 63.7 Å². The van der Waals surface area contributed by atoms with Crippen molar-refractivity contribution in [1.29, 1.82) is 0 Å². The van der Waals surface area contributed by atoms with Crippen LogP contribution in [0.2, 0.25) is 5.15 Å². The summed E-state index contributed by atoms with van der Waals surface area (Å²) < 4.78 is 41.7. The van der Waals surface area contributed by atoms with E-state index in [0.717, 1.165) is 0 Å². The molecule has 12 nitrogen and oxygen atoms in total. The highest BCUT2D eigenvalue weighted by atomic mass is 35.5. The molecule has 0 saturated carbocycles. The standard InChI is InChI=1S/C22H29ClN6O6S/c1-5-28-12-18(20(23)26-28)36(31,32)29-11-15(7-9-19-24-13-33-27-19)34-17-8-6-14(10-16(17)29)25-21(30)35-22(2,3)4/h6,8,10,12,15H,5,7,9,11,13H2,1-4H3,(H,24,27)(H,25,30)/t15-/m0/s1. The van der Waals surface area contributed by atoms with Crippen LogP contribution in [0.3, 0.4) is 0 Å². The van der Waals surface area contributed by atoms with Crippen molar-refractivity contribution in [3.05, 3.63) is 29.5 Å². The van der Waals surface area contributed by atoms with Crippen molar-refractivity contribution in [3.63, 3.8) is 0 Å². The highest BCUT2D eigenvalue weighted by Crippen LogP contribution is 2.40. The van der Waals surface area contributed by atoms with Gasteiger partial charge in [0, 0.05) is 24.8 Å². The second kappa shape index (κ2) is 10.1. The molecular formula is C22H29ClN6O6S. The topological polar surface area (TPSA) is 136 Å². The Kier molecular flexibility index (Phi) is 7.34. The maximum absolute atomic E-state index is 13.8. The summed E-state index contributed by atoms with van der Waals surface area (Å²) in [7, 11) is -4.12. The highest BCUT2D eigenvalue weighted by Gasteiger charge is 2.37. The number of ether oxygens (including phenoxy) is 2. The summed E-state index contributed by atoms with van der Waals surface area (Å²) in [6.07, 6.45) is 1.27. The van der Waals surface area contributed by atoms with Crippen LogP contribution >= 0.6 is 11.6 Å². The van der Waals surface area contributed by atoms with E-state index in [4.69, 9.17) is 25.9 Å². The molecule has 2 aromatic rings. The molecule has 0 aliphatic carbocycles. The fraction of sp³-hybridized carbons (Fsp3) is 0.500. The summed E-state index contributed by atoms with van der Waals surface area (Å²) in [4.78, 5) is 21.4. The number of rotatable bonds is 7. The zero-order chi connectivity index (χ0) is 26.1. The van der Waals surface area contributed by atoms with Gasteiger partial charge in [-0.15, -0.1) is 0 Å². The van der Waals surface area contributed by atoms with Gasteiger partial charge in [0.1, 0.15) is 28.2 Å². The quantitative estimate of drug-likeness (QED) is 0.544. The Labute approximate surface area is 214 Å². The third kappa shape index (κ3) is 5.85. The number of nitrogens with one attached hydrogen (secondary N) is 2.